The summed E-state index contributed by atoms with van der Waals surface area (Å²) in [6.07, 6.45) is 0.749. The molecule has 0 saturated heterocycles. The summed E-state index contributed by atoms with van der Waals surface area (Å²) in [6.45, 7) is 2.75. The zero-order valence-corrected chi connectivity index (χ0v) is 11.2. The van der Waals surface area contributed by atoms with Gasteiger partial charge in [0.15, 0.2) is 0 Å². The minimum atomic E-state index is -0.146. The van der Waals surface area contributed by atoms with Gasteiger partial charge in [0.25, 0.3) is 0 Å². The van der Waals surface area contributed by atoms with Crippen molar-refractivity contribution in [2.24, 2.45) is 0 Å². The van der Waals surface area contributed by atoms with E-state index in [0.29, 0.717) is 0 Å². The summed E-state index contributed by atoms with van der Waals surface area (Å²) in [5.74, 6) is -0.146. The number of aliphatic hydroxyl groups is 1. The highest BCUT2D eigenvalue weighted by atomic mass is 16.5. The summed E-state index contributed by atoms with van der Waals surface area (Å²) in [7, 11) is 3.40. The van der Waals surface area contributed by atoms with Crippen molar-refractivity contribution in [2.45, 2.75) is 25.9 Å². The monoisotopic (exact) mass is 251 g/mol. The van der Waals surface area contributed by atoms with Crippen LogP contribution in [0.1, 0.15) is 18.1 Å². The largest absolute Gasteiger partial charge is 0.468 e. The topological polar surface area (TPSA) is 49.8 Å². The second-order valence-corrected chi connectivity index (χ2v) is 4.24. The first-order valence-electron chi connectivity index (χ1n) is 6.09. The molecule has 0 radical (unpaired) electrons. The summed E-state index contributed by atoms with van der Waals surface area (Å²) >= 11 is 0. The molecular formula is C14H21NO3. The third-order valence-corrected chi connectivity index (χ3v) is 2.96. The summed E-state index contributed by atoms with van der Waals surface area (Å²) < 4.78 is 4.79. The smallest absolute Gasteiger partial charge is 0.323 e. The molecule has 1 N–H and O–H groups in total. The van der Waals surface area contributed by atoms with Gasteiger partial charge in [0.1, 0.15) is 6.04 Å². The zero-order valence-electron chi connectivity index (χ0n) is 11.2. The Labute approximate surface area is 108 Å². The van der Waals surface area contributed by atoms with Crippen LogP contribution in [0.2, 0.25) is 0 Å². The van der Waals surface area contributed by atoms with Crippen LogP contribution in [-0.4, -0.2) is 42.8 Å². The Kier molecular flexibility index (Phi) is 5.82. The van der Waals surface area contributed by atoms with Crippen LogP contribution in [0.4, 0.5) is 0 Å². The Balaban J connectivity index is 0.000000492. The van der Waals surface area contributed by atoms with Gasteiger partial charge in [-0.1, -0.05) is 24.3 Å². The molecule has 0 amide bonds. The SMILES string of the molecule is CCO.COC(=O)C1Cc2ccccc2CN1C. The highest BCUT2D eigenvalue weighted by molar-refractivity contribution is 5.76. The van der Waals surface area contributed by atoms with Crippen molar-refractivity contribution in [3.05, 3.63) is 35.4 Å². The molecule has 1 aromatic rings. The number of aliphatic hydroxyl groups excluding tert-OH is 1. The van der Waals surface area contributed by atoms with Crippen molar-refractivity contribution < 1.29 is 14.6 Å². The van der Waals surface area contributed by atoms with Crippen molar-refractivity contribution >= 4 is 5.97 Å². The summed E-state index contributed by atoms with van der Waals surface area (Å²) in [4.78, 5) is 13.6. The van der Waals surface area contributed by atoms with Crippen LogP contribution in [0.15, 0.2) is 24.3 Å². The third kappa shape index (κ3) is 3.55. The van der Waals surface area contributed by atoms with E-state index in [1.807, 2.05) is 24.1 Å². The number of carbonyl (C=O) groups excluding carboxylic acids is 1. The average Bonchev–Trinajstić information content (AvgIpc) is 2.38. The molecule has 1 atom stereocenters. The highest BCUT2D eigenvalue weighted by Crippen LogP contribution is 2.22. The lowest BCUT2D eigenvalue weighted by Gasteiger charge is -2.31. The standard InChI is InChI=1S/C12H15NO2.C2H6O/c1-13-8-10-6-4-3-5-9(10)7-11(13)12(14)15-2;1-2-3/h3-6,11H,7-8H2,1-2H3;3H,2H2,1H3. The van der Waals surface area contributed by atoms with Gasteiger partial charge in [-0.15, -0.1) is 0 Å². The molecule has 1 aromatic carbocycles. The number of ether oxygens (including phenoxy) is 1. The molecule has 0 fully saturated rings. The predicted octanol–water partition coefficient (Wildman–Crippen LogP) is 1.21. The van der Waals surface area contributed by atoms with E-state index in [0.717, 1.165) is 13.0 Å². The number of benzene rings is 1. The molecule has 1 aliphatic rings. The average molecular weight is 251 g/mol. The molecule has 100 valence electrons. The Morgan fingerprint density at radius 2 is 2.00 bits per heavy atom. The first kappa shape index (κ1) is 14.7. The predicted molar refractivity (Wildman–Crippen MR) is 70.2 cm³/mol. The van der Waals surface area contributed by atoms with Gasteiger partial charge < -0.3 is 9.84 Å². The van der Waals surface area contributed by atoms with Crippen LogP contribution in [0, 0.1) is 0 Å². The van der Waals surface area contributed by atoms with Crippen LogP contribution < -0.4 is 0 Å². The minimum Gasteiger partial charge on any atom is -0.468 e. The quantitative estimate of drug-likeness (QED) is 0.762. The van der Waals surface area contributed by atoms with Crippen molar-refractivity contribution in [1.29, 1.82) is 0 Å². The van der Waals surface area contributed by atoms with Crippen molar-refractivity contribution in [1.82, 2.24) is 4.90 Å². The molecule has 4 nitrogen and oxygen atoms in total. The molecule has 0 aromatic heterocycles. The van der Waals surface area contributed by atoms with Crippen molar-refractivity contribution in [3.8, 4) is 0 Å². The Hall–Kier alpha value is -1.39. The molecule has 1 heterocycles. The molecule has 0 saturated carbocycles. The summed E-state index contributed by atoms with van der Waals surface area (Å²) in [5.41, 5.74) is 2.56. The molecule has 0 bridgehead atoms. The molecule has 4 heteroatoms. The van der Waals surface area contributed by atoms with Crippen molar-refractivity contribution in [2.75, 3.05) is 20.8 Å². The molecule has 0 spiro atoms. The van der Waals surface area contributed by atoms with Crippen molar-refractivity contribution in [3.63, 3.8) is 0 Å². The van der Waals surface area contributed by atoms with E-state index in [9.17, 15) is 4.79 Å². The van der Waals surface area contributed by atoms with Gasteiger partial charge in [-0.2, -0.15) is 0 Å². The Bertz CT molecular complexity index is 392. The van der Waals surface area contributed by atoms with Crippen LogP contribution in [0.3, 0.4) is 0 Å². The Morgan fingerprint density at radius 1 is 1.44 bits per heavy atom. The van der Waals surface area contributed by atoms with Crippen LogP contribution in [-0.2, 0) is 22.5 Å². The normalized spacial score (nSPS) is 18.3. The number of methoxy groups -OCH3 is 1. The molecular weight excluding hydrogens is 230 g/mol. The maximum atomic E-state index is 11.5. The lowest BCUT2D eigenvalue weighted by atomic mass is 9.94. The first-order valence-corrected chi connectivity index (χ1v) is 6.09. The molecule has 0 aliphatic carbocycles. The molecule has 18 heavy (non-hydrogen) atoms. The lowest BCUT2D eigenvalue weighted by Crippen LogP contribution is -2.43. The molecule has 2 rings (SSSR count). The maximum Gasteiger partial charge on any atom is 0.323 e. The van der Waals surface area contributed by atoms with Gasteiger partial charge in [-0.3, -0.25) is 9.69 Å². The number of rotatable bonds is 1. The van der Waals surface area contributed by atoms with Gasteiger partial charge in [-0.05, 0) is 31.5 Å². The number of carbonyl (C=O) groups is 1. The number of fused-ring (bicyclic) bond motifs is 1. The number of esters is 1. The number of hydrogen-bond acceptors (Lipinski definition) is 4. The van der Waals surface area contributed by atoms with E-state index < -0.39 is 0 Å². The minimum absolute atomic E-state index is 0.134. The first-order chi connectivity index (χ1) is 8.63. The fourth-order valence-electron chi connectivity index (χ4n) is 2.05. The third-order valence-electron chi connectivity index (χ3n) is 2.96. The number of nitrogens with zero attached hydrogens (tertiary/aromatic N) is 1. The fourth-order valence-corrected chi connectivity index (χ4v) is 2.05. The van der Waals surface area contributed by atoms with Gasteiger partial charge in [0.2, 0.25) is 0 Å². The van der Waals surface area contributed by atoms with E-state index in [4.69, 9.17) is 9.84 Å². The van der Waals surface area contributed by atoms with Crippen LogP contribution in [0.5, 0.6) is 0 Å². The van der Waals surface area contributed by atoms with Gasteiger partial charge in [0.05, 0.1) is 7.11 Å². The number of hydrogen-bond donors (Lipinski definition) is 1. The maximum absolute atomic E-state index is 11.5. The van der Waals surface area contributed by atoms with E-state index in [1.165, 1.54) is 18.2 Å². The highest BCUT2D eigenvalue weighted by Gasteiger charge is 2.29. The molecule has 1 aliphatic heterocycles. The Morgan fingerprint density at radius 3 is 2.56 bits per heavy atom. The van der Waals surface area contributed by atoms with E-state index in [1.54, 1.807) is 6.92 Å². The van der Waals surface area contributed by atoms with Gasteiger partial charge in [-0.25, -0.2) is 0 Å². The van der Waals surface area contributed by atoms with Gasteiger partial charge in [0, 0.05) is 13.2 Å². The summed E-state index contributed by atoms with van der Waals surface area (Å²) in [5, 5.41) is 7.57. The van der Waals surface area contributed by atoms with Crippen LogP contribution >= 0.6 is 0 Å². The van der Waals surface area contributed by atoms with E-state index >= 15 is 0 Å². The fraction of sp³-hybridized carbons (Fsp3) is 0.500. The van der Waals surface area contributed by atoms with Crippen LogP contribution in [0.25, 0.3) is 0 Å². The zero-order chi connectivity index (χ0) is 13.5. The summed E-state index contributed by atoms with van der Waals surface area (Å²) in [6, 6.07) is 8.10. The lowest BCUT2D eigenvalue weighted by molar-refractivity contribution is -0.147. The van der Waals surface area contributed by atoms with E-state index in [2.05, 4.69) is 12.1 Å². The molecule has 1 unspecified atom stereocenters. The second kappa shape index (κ2) is 7.13. The second-order valence-electron chi connectivity index (χ2n) is 4.24. The number of likely N-dealkylation sites (N-methyl/N-ethyl adjacent to an activating group) is 1. The van der Waals surface area contributed by atoms with E-state index in [-0.39, 0.29) is 18.6 Å². The van der Waals surface area contributed by atoms with Gasteiger partial charge >= 0.3 is 5.97 Å².